The molecule has 0 radical (unpaired) electrons. The summed E-state index contributed by atoms with van der Waals surface area (Å²) in [6.07, 6.45) is 4.45. The maximum atomic E-state index is 11.7. The summed E-state index contributed by atoms with van der Waals surface area (Å²) in [7, 11) is 0. The number of carbonyl (C=O) groups is 1. The third-order valence-corrected chi connectivity index (χ3v) is 4.48. The Kier molecular flexibility index (Phi) is 4.62. The molecule has 0 unspecified atom stereocenters. The second-order valence-electron chi connectivity index (χ2n) is 6.25. The van der Waals surface area contributed by atoms with Crippen LogP contribution in [-0.4, -0.2) is 29.2 Å². The second kappa shape index (κ2) is 7.23. The molecule has 3 aromatic rings. The molecular formula is C21H20N2O4. The summed E-state index contributed by atoms with van der Waals surface area (Å²) in [6, 6.07) is 7.60. The summed E-state index contributed by atoms with van der Waals surface area (Å²) in [5, 5.41) is 9.49. The van der Waals surface area contributed by atoms with Crippen molar-refractivity contribution in [3.05, 3.63) is 41.8 Å². The van der Waals surface area contributed by atoms with Crippen LogP contribution >= 0.6 is 0 Å². The minimum absolute atomic E-state index is 0.0266. The minimum atomic E-state index is 0.0266. The molecule has 0 aliphatic carbocycles. The minimum Gasteiger partial charge on any atom is -0.486 e. The third kappa shape index (κ3) is 3.30. The van der Waals surface area contributed by atoms with E-state index in [2.05, 4.69) is 10.2 Å². The van der Waals surface area contributed by atoms with Crippen molar-refractivity contribution < 1.29 is 18.7 Å². The van der Waals surface area contributed by atoms with E-state index in [1.165, 1.54) is 6.08 Å². The number of hydrogen-bond acceptors (Lipinski definition) is 6. The first-order valence-corrected chi connectivity index (χ1v) is 9.09. The van der Waals surface area contributed by atoms with Crippen LogP contribution < -0.4 is 9.47 Å². The number of aromatic nitrogens is 2. The SMILES string of the molecule is CCC(=O)C=Cc1nnc2cc3c(cc2c1-c1ccc(CC)o1)OCCO3. The lowest BCUT2D eigenvalue weighted by Gasteiger charge is -2.19. The van der Waals surface area contributed by atoms with Crippen LogP contribution in [0.25, 0.3) is 28.3 Å². The standard InChI is InChI=1S/C21H20N2O4/c1-3-13(24)5-7-16-21(18-8-6-14(4-2)27-18)15-11-19-20(26-10-9-25-19)12-17(15)23-22-16/h5-8,11-12H,3-4,9-10H2,1-2H3. The van der Waals surface area contributed by atoms with E-state index in [0.29, 0.717) is 48.1 Å². The van der Waals surface area contributed by atoms with Crippen LogP contribution in [0.2, 0.25) is 0 Å². The molecule has 4 rings (SSSR count). The van der Waals surface area contributed by atoms with E-state index in [-0.39, 0.29) is 5.78 Å². The Morgan fingerprint density at radius 1 is 1.11 bits per heavy atom. The number of aryl methyl sites for hydroxylation is 1. The van der Waals surface area contributed by atoms with Crippen molar-refractivity contribution >= 4 is 22.8 Å². The highest BCUT2D eigenvalue weighted by atomic mass is 16.6. The Morgan fingerprint density at radius 2 is 1.89 bits per heavy atom. The lowest BCUT2D eigenvalue weighted by atomic mass is 10.0. The van der Waals surface area contributed by atoms with Gasteiger partial charge in [0, 0.05) is 24.3 Å². The smallest absolute Gasteiger partial charge is 0.163 e. The molecule has 0 spiro atoms. The van der Waals surface area contributed by atoms with Crippen LogP contribution in [0.5, 0.6) is 11.5 Å². The average Bonchev–Trinajstić information content (AvgIpc) is 3.18. The molecule has 27 heavy (non-hydrogen) atoms. The van der Waals surface area contributed by atoms with Gasteiger partial charge < -0.3 is 13.9 Å². The lowest BCUT2D eigenvalue weighted by molar-refractivity contribution is -0.114. The zero-order valence-corrected chi connectivity index (χ0v) is 15.3. The summed E-state index contributed by atoms with van der Waals surface area (Å²) < 4.78 is 17.4. The number of allylic oxidation sites excluding steroid dienone is 1. The number of benzene rings is 1. The third-order valence-electron chi connectivity index (χ3n) is 4.48. The molecule has 3 heterocycles. The average molecular weight is 364 g/mol. The van der Waals surface area contributed by atoms with Gasteiger partial charge in [0.15, 0.2) is 17.3 Å². The van der Waals surface area contributed by atoms with Crippen LogP contribution in [0.4, 0.5) is 0 Å². The molecule has 0 fully saturated rings. The molecule has 1 aromatic carbocycles. The number of hydrogen-bond donors (Lipinski definition) is 0. The van der Waals surface area contributed by atoms with Crippen molar-refractivity contribution in [2.24, 2.45) is 0 Å². The Balaban J connectivity index is 1.94. The van der Waals surface area contributed by atoms with Gasteiger partial charge in [-0.25, -0.2) is 0 Å². The molecular weight excluding hydrogens is 344 g/mol. The monoisotopic (exact) mass is 364 g/mol. The van der Waals surface area contributed by atoms with Crippen LogP contribution in [0, 0.1) is 0 Å². The Labute approximate surface area is 156 Å². The van der Waals surface area contributed by atoms with Gasteiger partial charge in [-0.3, -0.25) is 4.79 Å². The molecule has 138 valence electrons. The van der Waals surface area contributed by atoms with Crippen molar-refractivity contribution in [1.29, 1.82) is 0 Å². The van der Waals surface area contributed by atoms with Crippen molar-refractivity contribution in [2.75, 3.05) is 13.2 Å². The molecule has 1 aliphatic rings. The second-order valence-corrected chi connectivity index (χ2v) is 6.25. The van der Waals surface area contributed by atoms with Gasteiger partial charge >= 0.3 is 0 Å². The fourth-order valence-corrected chi connectivity index (χ4v) is 3.02. The van der Waals surface area contributed by atoms with Gasteiger partial charge in [0.05, 0.1) is 16.8 Å². The number of carbonyl (C=O) groups excluding carboxylic acids is 1. The van der Waals surface area contributed by atoms with Gasteiger partial charge in [0.2, 0.25) is 0 Å². The topological polar surface area (TPSA) is 74.5 Å². The Morgan fingerprint density at radius 3 is 2.59 bits per heavy atom. The molecule has 0 atom stereocenters. The predicted molar refractivity (Wildman–Crippen MR) is 102 cm³/mol. The quantitative estimate of drug-likeness (QED) is 0.631. The fourth-order valence-electron chi connectivity index (χ4n) is 3.02. The van der Waals surface area contributed by atoms with E-state index in [1.807, 2.05) is 38.1 Å². The van der Waals surface area contributed by atoms with Gasteiger partial charge in [0.1, 0.15) is 24.7 Å². The van der Waals surface area contributed by atoms with E-state index in [1.54, 1.807) is 6.08 Å². The normalized spacial score (nSPS) is 13.4. The highest BCUT2D eigenvalue weighted by Crippen LogP contribution is 2.39. The molecule has 0 amide bonds. The number of fused-ring (bicyclic) bond motifs is 2. The molecule has 0 bridgehead atoms. The highest BCUT2D eigenvalue weighted by molar-refractivity contribution is 6.00. The molecule has 6 heteroatoms. The van der Waals surface area contributed by atoms with Crippen LogP contribution in [0.1, 0.15) is 31.7 Å². The highest BCUT2D eigenvalue weighted by Gasteiger charge is 2.20. The maximum absolute atomic E-state index is 11.7. The summed E-state index contributed by atoms with van der Waals surface area (Å²) in [5.74, 6) is 2.93. The Hall–Kier alpha value is -3.15. The Bertz CT molecular complexity index is 1040. The van der Waals surface area contributed by atoms with Gasteiger partial charge in [0.25, 0.3) is 0 Å². The van der Waals surface area contributed by atoms with Crippen molar-refractivity contribution in [2.45, 2.75) is 26.7 Å². The van der Waals surface area contributed by atoms with Crippen LogP contribution in [0.3, 0.4) is 0 Å². The molecule has 0 saturated heterocycles. The largest absolute Gasteiger partial charge is 0.486 e. The van der Waals surface area contributed by atoms with E-state index in [4.69, 9.17) is 13.9 Å². The van der Waals surface area contributed by atoms with Gasteiger partial charge in [-0.15, -0.1) is 10.2 Å². The van der Waals surface area contributed by atoms with Crippen molar-refractivity contribution in [3.8, 4) is 22.8 Å². The summed E-state index contributed by atoms with van der Waals surface area (Å²) in [5.41, 5.74) is 2.05. The molecule has 1 aliphatic heterocycles. The summed E-state index contributed by atoms with van der Waals surface area (Å²) in [6.45, 7) is 4.87. The first-order chi connectivity index (χ1) is 13.2. The van der Waals surface area contributed by atoms with Crippen molar-refractivity contribution in [3.63, 3.8) is 0 Å². The zero-order valence-electron chi connectivity index (χ0n) is 15.3. The first kappa shape index (κ1) is 17.3. The van der Waals surface area contributed by atoms with Crippen LogP contribution in [0.15, 0.2) is 34.8 Å². The number of ether oxygens (including phenoxy) is 2. The van der Waals surface area contributed by atoms with Gasteiger partial charge in [-0.1, -0.05) is 13.8 Å². The maximum Gasteiger partial charge on any atom is 0.163 e. The summed E-state index contributed by atoms with van der Waals surface area (Å²) in [4.78, 5) is 11.7. The first-order valence-electron chi connectivity index (χ1n) is 9.09. The van der Waals surface area contributed by atoms with E-state index in [9.17, 15) is 4.79 Å². The van der Waals surface area contributed by atoms with E-state index < -0.39 is 0 Å². The fraction of sp³-hybridized carbons (Fsp3) is 0.286. The molecule has 0 saturated carbocycles. The summed E-state index contributed by atoms with van der Waals surface area (Å²) >= 11 is 0. The van der Waals surface area contributed by atoms with Gasteiger partial charge in [-0.2, -0.15) is 0 Å². The number of ketones is 1. The molecule has 2 aromatic heterocycles. The number of furan rings is 1. The van der Waals surface area contributed by atoms with Gasteiger partial charge in [-0.05, 0) is 30.4 Å². The van der Waals surface area contributed by atoms with Crippen LogP contribution in [-0.2, 0) is 11.2 Å². The van der Waals surface area contributed by atoms with Crippen molar-refractivity contribution in [1.82, 2.24) is 10.2 Å². The molecule has 0 N–H and O–H groups in total. The lowest BCUT2D eigenvalue weighted by Crippen LogP contribution is -2.15. The number of nitrogens with zero attached hydrogens (tertiary/aromatic N) is 2. The number of rotatable bonds is 5. The molecule has 6 nitrogen and oxygen atoms in total. The zero-order chi connectivity index (χ0) is 18.8. The van der Waals surface area contributed by atoms with E-state index in [0.717, 1.165) is 23.1 Å². The van der Waals surface area contributed by atoms with E-state index >= 15 is 0 Å². The predicted octanol–water partition coefficient (Wildman–Crippen LogP) is 4.22.